The Labute approximate surface area is 145 Å². The fourth-order valence-electron chi connectivity index (χ4n) is 2.64. The van der Waals surface area contributed by atoms with Crippen molar-refractivity contribution in [2.24, 2.45) is 0 Å². The lowest BCUT2D eigenvalue weighted by Crippen LogP contribution is -2.27. The molecule has 0 bridgehead atoms. The molecule has 1 aliphatic heterocycles. The molecule has 0 unspecified atom stereocenters. The van der Waals surface area contributed by atoms with Crippen molar-refractivity contribution in [2.45, 2.75) is 17.7 Å². The molecular formula is C17H18N2O5S. The third kappa shape index (κ3) is 3.80. The number of ketones is 1. The molecule has 0 atom stereocenters. The predicted molar refractivity (Wildman–Crippen MR) is 89.8 cm³/mol. The van der Waals surface area contributed by atoms with Crippen LogP contribution in [0.5, 0.6) is 0 Å². The Morgan fingerprint density at radius 2 is 1.76 bits per heavy atom. The van der Waals surface area contributed by atoms with Gasteiger partial charge in [-0.3, -0.25) is 4.79 Å². The van der Waals surface area contributed by atoms with Gasteiger partial charge in [-0.25, -0.2) is 13.2 Å². The van der Waals surface area contributed by atoms with E-state index in [1.165, 1.54) is 28.6 Å². The summed E-state index contributed by atoms with van der Waals surface area (Å²) in [4.78, 5) is 26.6. The number of ether oxygens (including phenoxy) is 1. The summed E-state index contributed by atoms with van der Waals surface area (Å²) in [5, 5.41) is 0. The van der Waals surface area contributed by atoms with E-state index in [0.717, 1.165) is 12.8 Å². The fraction of sp³-hybridized carbons (Fsp3) is 0.294. The van der Waals surface area contributed by atoms with E-state index in [-0.39, 0.29) is 10.6 Å². The summed E-state index contributed by atoms with van der Waals surface area (Å²) < 4.78 is 31.2. The molecule has 2 aromatic rings. The predicted octanol–water partition coefficient (Wildman–Crippen LogP) is 1.84. The van der Waals surface area contributed by atoms with Gasteiger partial charge in [0.05, 0.1) is 4.90 Å². The van der Waals surface area contributed by atoms with E-state index in [9.17, 15) is 18.0 Å². The van der Waals surface area contributed by atoms with Gasteiger partial charge in [0, 0.05) is 24.8 Å². The highest BCUT2D eigenvalue weighted by Gasteiger charge is 2.27. The molecule has 0 saturated carbocycles. The Kier molecular flexibility index (Phi) is 5.00. The molecular weight excluding hydrogens is 344 g/mol. The summed E-state index contributed by atoms with van der Waals surface area (Å²) in [7, 11) is -3.50. The summed E-state index contributed by atoms with van der Waals surface area (Å²) in [6.45, 7) is 0.644. The molecule has 1 aliphatic rings. The minimum absolute atomic E-state index is 0.161. The molecule has 7 nitrogen and oxygen atoms in total. The molecule has 1 aromatic heterocycles. The second-order valence-electron chi connectivity index (χ2n) is 5.72. The maximum Gasteiger partial charge on any atom is 0.355 e. The number of Topliss-reactive ketones (excluding diaryl/α,β-unsaturated/α-hetero) is 1. The van der Waals surface area contributed by atoms with E-state index in [2.05, 4.69) is 4.98 Å². The summed E-state index contributed by atoms with van der Waals surface area (Å²) in [5.74, 6) is -1.02. The number of benzene rings is 1. The number of H-pyrrole nitrogens is 1. The van der Waals surface area contributed by atoms with Gasteiger partial charge in [-0.05, 0) is 49.2 Å². The van der Waals surface area contributed by atoms with E-state index >= 15 is 0 Å². The summed E-state index contributed by atoms with van der Waals surface area (Å²) in [6, 6.07) is 8.89. The number of rotatable bonds is 6. The van der Waals surface area contributed by atoms with Crippen LogP contribution >= 0.6 is 0 Å². The van der Waals surface area contributed by atoms with Crippen molar-refractivity contribution in [2.75, 3.05) is 19.7 Å². The van der Waals surface area contributed by atoms with Gasteiger partial charge >= 0.3 is 5.97 Å². The Hall–Kier alpha value is -2.45. The lowest BCUT2D eigenvalue weighted by Gasteiger charge is -2.15. The van der Waals surface area contributed by atoms with Crippen molar-refractivity contribution >= 4 is 21.8 Å². The Morgan fingerprint density at radius 1 is 1.08 bits per heavy atom. The normalized spacial score (nSPS) is 15.2. The van der Waals surface area contributed by atoms with Gasteiger partial charge in [-0.15, -0.1) is 0 Å². The number of carbonyl (C=O) groups is 2. The highest BCUT2D eigenvalue weighted by Crippen LogP contribution is 2.21. The van der Waals surface area contributed by atoms with Gasteiger partial charge in [0.1, 0.15) is 5.69 Å². The SMILES string of the molecule is O=C(COC(=O)c1ccc[nH]1)c1ccc(S(=O)(=O)N2CCCC2)cc1. The van der Waals surface area contributed by atoms with Crippen molar-refractivity contribution < 1.29 is 22.7 Å². The van der Waals surface area contributed by atoms with Crippen LogP contribution in [0.2, 0.25) is 0 Å². The van der Waals surface area contributed by atoms with Crippen LogP contribution in [-0.2, 0) is 14.8 Å². The zero-order valence-electron chi connectivity index (χ0n) is 13.5. The van der Waals surface area contributed by atoms with Crippen LogP contribution in [0, 0.1) is 0 Å². The second-order valence-corrected chi connectivity index (χ2v) is 7.66. The van der Waals surface area contributed by atoms with Crippen molar-refractivity contribution in [3.63, 3.8) is 0 Å². The van der Waals surface area contributed by atoms with E-state index in [1.54, 1.807) is 18.3 Å². The number of nitrogens with zero attached hydrogens (tertiary/aromatic N) is 1. The first-order valence-corrected chi connectivity index (χ1v) is 9.36. The molecule has 2 heterocycles. The van der Waals surface area contributed by atoms with E-state index in [0.29, 0.717) is 18.7 Å². The molecule has 1 aromatic carbocycles. The van der Waals surface area contributed by atoms with Crippen LogP contribution in [0.4, 0.5) is 0 Å². The maximum atomic E-state index is 12.4. The molecule has 132 valence electrons. The summed E-state index contributed by atoms with van der Waals surface area (Å²) in [6.07, 6.45) is 3.31. The number of sulfonamides is 1. The largest absolute Gasteiger partial charge is 0.453 e. The second kappa shape index (κ2) is 7.20. The van der Waals surface area contributed by atoms with E-state index in [4.69, 9.17) is 4.74 Å². The molecule has 0 aliphatic carbocycles. The standard InChI is InChI=1S/C17H18N2O5S/c20-16(12-24-17(21)15-4-3-9-18-15)13-5-7-14(8-6-13)25(22,23)19-10-1-2-11-19/h3-9,18H,1-2,10-12H2. The van der Waals surface area contributed by atoms with Gasteiger partial charge in [0.15, 0.2) is 12.4 Å². The first kappa shape index (κ1) is 17.4. The molecule has 25 heavy (non-hydrogen) atoms. The number of aromatic amines is 1. The number of hydrogen-bond donors (Lipinski definition) is 1. The van der Waals surface area contributed by atoms with Crippen LogP contribution in [0.1, 0.15) is 33.7 Å². The van der Waals surface area contributed by atoms with Crippen LogP contribution in [0.15, 0.2) is 47.5 Å². The molecule has 8 heteroatoms. The third-order valence-corrected chi connectivity index (χ3v) is 5.94. The molecule has 3 rings (SSSR count). The highest BCUT2D eigenvalue weighted by atomic mass is 32.2. The minimum atomic E-state index is -3.50. The molecule has 1 fully saturated rings. The van der Waals surface area contributed by atoms with Crippen molar-refractivity contribution in [1.82, 2.24) is 9.29 Å². The number of aromatic nitrogens is 1. The van der Waals surface area contributed by atoms with Crippen molar-refractivity contribution in [3.8, 4) is 0 Å². The van der Waals surface area contributed by atoms with Crippen LogP contribution in [0.3, 0.4) is 0 Å². The topological polar surface area (TPSA) is 96.5 Å². The fourth-order valence-corrected chi connectivity index (χ4v) is 4.16. The van der Waals surface area contributed by atoms with Gasteiger partial charge in [-0.2, -0.15) is 4.31 Å². The number of esters is 1. The lowest BCUT2D eigenvalue weighted by atomic mass is 10.1. The zero-order valence-corrected chi connectivity index (χ0v) is 14.3. The molecule has 1 N–H and O–H groups in total. The van der Waals surface area contributed by atoms with Crippen molar-refractivity contribution in [3.05, 3.63) is 53.9 Å². The number of hydrogen-bond acceptors (Lipinski definition) is 5. The smallest absolute Gasteiger partial charge is 0.355 e. The summed E-state index contributed by atoms with van der Waals surface area (Å²) >= 11 is 0. The highest BCUT2D eigenvalue weighted by molar-refractivity contribution is 7.89. The van der Waals surface area contributed by atoms with Crippen LogP contribution < -0.4 is 0 Å². The van der Waals surface area contributed by atoms with Crippen LogP contribution in [-0.4, -0.2) is 49.2 Å². The average molecular weight is 362 g/mol. The first-order valence-electron chi connectivity index (χ1n) is 7.92. The Morgan fingerprint density at radius 3 is 2.36 bits per heavy atom. The number of nitrogens with one attached hydrogen (secondary N) is 1. The Balaban J connectivity index is 1.63. The van der Waals surface area contributed by atoms with Gasteiger partial charge < -0.3 is 9.72 Å². The Bertz CT molecular complexity index is 851. The van der Waals surface area contributed by atoms with Crippen molar-refractivity contribution in [1.29, 1.82) is 0 Å². The molecule has 0 spiro atoms. The van der Waals surface area contributed by atoms with Gasteiger partial charge in [-0.1, -0.05) is 0 Å². The molecule has 1 saturated heterocycles. The van der Waals surface area contributed by atoms with E-state index < -0.39 is 28.4 Å². The maximum absolute atomic E-state index is 12.4. The minimum Gasteiger partial charge on any atom is -0.453 e. The monoisotopic (exact) mass is 362 g/mol. The lowest BCUT2D eigenvalue weighted by molar-refractivity contribution is 0.0469. The zero-order chi connectivity index (χ0) is 17.9. The first-order chi connectivity index (χ1) is 12.0. The third-order valence-electron chi connectivity index (χ3n) is 4.03. The number of carbonyl (C=O) groups excluding carboxylic acids is 2. The summed E-state index contributed by atoms with van der Waals surface area (Å²) in [5.41, 5.74) is 0.555. The molecule has 0 radical (unpaired) electrons. The van der Waals surface area contributed by atoms with Gasteiger partial charge in [0.25, 0.3) is 0 Å². The molecule has 0 amide bonds. The van der Waals surface area contributed by atoms with E-state index in [1.807, 2.05) is 0 Å². The average Bonchev–Trinajstić information content (AvgIpc) is 3.33. The quantitative estimate of drug-likeness (QED) is 0.625. The van der Waals surface area contributed by atoms with Crippen LogP contribution in [0.25, 0.3) is 0 Å². The van der Waals surface area contributed by atoms with Gasteiger partial charge in [0.2, 0.25) is 10.0 Å².